The van der Waals surface area contributed by atoms with Crippen molar-refractivity contribution in [3.05, 3.63) is 50.8 Å². The Morgan fingerprint density at radius 2 is 2.06 bits per heavy atom. The summed E-state index contributed by atoms with van der Waals surface area (Å²) in [6, 6.07) is 3.74. The highest BCUT2D eigenvalue weighted by molar-refractivity contribution is 7.95. The van der Waals surface area contributed by atoms with Crippen molar-refractivity contribution in [3.63, 3.8) is 0 Å². The smallest absolute Gasteiger partial charge is 0.313 e. The molecule has 14 heteroatoms. The number of pyridine rings is 1. The number of anilines is 1. The summed E-state index contributed by atoms with van der Waals surface area (Å²) in [5, 5.41) is 15.1. The molecular weight excluding hydrogens is 506 g/mol. The number of piperidine rings is 1. The number of hydrogen-bond acceptors (Lipinski definition) is 10. The van der Waals surface area contributed by atoms with Gasteiger partial charge in [-0.25, -0.2) is 9.97 Å². The number of hydrogen-bond donors (Lipinski definition) is 1. The van der Waals surface area contributed by atoms with Crippen LogP contribution in [0.2, 0.25) is 4.34 Å². The van der Waals surface area contributed by atoms with Crippen molar-refractivity contribution in [2.75, 3.05) is 17.4 Å². The second kappa shape index (κ2) is 9.78. The molecule has 180 valence electrons. The number of rotatable bonds is 7. The standard InChI is InChI=1S/C20H20ClN5O6S2/c1-2-14-11-24-19(32-14)13-9-15(26(28)29)18(23-10-13)25(20(27)12-5-7-22-8-6-12)34(30,31)17-4-3-16(21)33-17/h3-4,9-12,22H,2,5-8H2,1H3. The van der Waals surface area contributed by atoms with Crippen LogP contribution in [-0.2, 0) is 21.2 Å². The van der Waals surface area contributed by atoms with E-state index in [1.54, 1.807) is 0 Å². The van der Waals surface area contributed by atoms with Crippen LogP contribution in [0.4, 0.5) is 11.5 Å². The maximum Gasteiger partial charge on any atom is 0.313 e. The number of oxazole rings is 1. The van der Waals surface area contributed by atoms with E-state index in [9.17, 15) is 23.3 Å². The predicted octanol–water partition coefficient (Wildman–Crippen LogP) is 3.64. The number of nitrogens with one attached hydrogen (secondary N) is 1. The average molecular weight is 526 g/mol. The molecule has 1 N–H and O–H groups in total. The van der Waals surface area contributed by atoms with Gasteiger partial charge in [0.05, 0.1) is 21.0 Å². The number of amides is 1. The first kappa shape index (κ1) is 24.3. The van der Waals surface area contributed by atoms with Gasteiger partial charge in [0.15, 0.2) is 0 Å². The Labute approximate surface area is 204 Å². The molecule has 0 atom stereocenters. The summed E-state index contributed by atoms with van der Waals surface area (Å²) in [6.45, 7) is 2.90. The second-order valence-electron chi connectivity index (χ2n) is 7.50. The third kappa shape index (κ3) is 4.69. The normalized spacial score (nSPS) is 14.8. The number of carbonyl (C=O) groups excluding carboxylic acids is 1. The van der Waals surface area contributed by atoms with Gasteiger partial charge < -0.3 is 9.73 Å². The molecule has 1 fully saturated rings. The van der Waals surface area contributed by atoms with Crippen LogP contribution in [0, 0.1) is 16.0 Å². The van der Waals surface area contributed by atoms with E-state index in [0.717, 1.165) is 17.4 Å². The lowest BCUT2D eigenvalue weighted by Gasteiger charge is -2.27. The Bertz CT molecular complexity index is 1330. The number of halogens is 1. The Balaban J connectivity index is 1.86. The summed E-state index contributed by atoms with van der Waals surface area (Å²) in [7, 11) is -4.52. The molecule has 1 aliphatic heterocycles. The van der Waals surface area contributed by atoms with Crippen molar-refractivity contribution >= 4 is 50.4 Å². The lowest BCUT2D eigenvalue weighted by atomic mass is 9.97. The molecule has 4 rings (SSSR count). The number of nitrogens with zero attached hydrogens (tertiary/aromatic N) is 4. The van der Waals surface area contributed by atoms with Gasteiger partial charge in [-0.1, -0.05) is 18.5 Å². The maximum atomic E-state index is 13.5. The van der Waals surface area contributed by atoms with Crippen molar-refractivity contribution in [1.29, 1.82) is 0 Å². The van der Waals surface area contributed by atoms with Crippen LogP contribution >= 0.6 is 22.9 Å². The first-order valence-corrected chi connectivity index (χ1v) is 13.0. The first-order chi connectivity index (χ1) is 16.2. The number of nitro groups is 1. The van der Waals surface area contributed by atoms with Crippen LogP contribution < -0.4 is 9.62 Å². The van der Waals surface area contributed by atoms with E-state index in [2.05, 4.69) is 15.3 Å². The topological polar surface area (TPSA) is 149 Å². The lowest BCUT2D eigenvalue weighted by molar-refractivity contribution is -0.384. The second-order valence-corrected chi connectivity index (χ2v) is 11.2. The van der Waals surface area contributed by atoms with Crippen molar-refractivity contribution in [2.45, 2.75) is 30.4 Å². The van der Waals surface area contributed by atoms with Crippen molar-refractivity contribution in [2.24, 2.45) is 5.92 Å². The van der Waals surface area contributed by atoms with Crippen molar-refractivity contribution in [1.82, 2.24) is 15.3 Å². The van der Waals surface area contributed by atoms with E-state index in [1.807, 2.05) is 6.92 Å². The monoisotopic (exact) mass is 525 g/mol. The Morgan fingerprint density at radius 1 is 1.32 bits per heavy atom. The highest BCUT2D eigenvalue weighted by Gasteiger charge is 2.41. The molecule has 11 nitrogen and oxygen atoms in total. The Hall–Kier alpha value is -2.87. The summed E-state index contributed by atoms with van der Waals surface area (Å²) in [6.07, 6.45) is 4.04. The van der Waals surface area contributed by atoms with E-state index >= 15 is 0 Å². The van der Waals surface area contributed by atoms with Gasteiger partial charge in [-0.15, -0.1) is 11.3 Å². The maximum absolute atomic E-state index is 13.5. The molecule has 0 spiro atoms. The minimum atomic E-state index is -4.52. The third-order valence-corrected chi connectivity index (χ3v) is 8.70. The minimum Gasteiger partial charge on any atom is -0.441 e. The number of aromatic nitrogens is 2. The molecular formula is C20H20ClN5O6S2. The summed E-state index contributed by atoms with van der Waals surface area (Å²) < 4.78 is 33.1. The van der Waals surface area contributed by atoms with E-state index < -0.39 is 38.3 Å². The summed E-state index contributed by atoms with van der Waals surface area (Å²) in [5.74, 6) is -1.35. The van der Waals surface area contributed by atoms with Crippen LogP contribution in [0.3, 0.4) is 0 Å². The lowest BCUT2D eigenvalue weighted by Crippen LogP contribution is -2.44. The van der Waals surface area contributed by atoms with E-state index in [1.165, 1.54) is 24.5 Å². The fourth-order valence-electron chi connectivity index (χ4n) is 3.56. The molecule has 1 saturated heterocycles. The predicted molar refractivity (Wildman–Crippen MR) is 125 cm³/mol. The molecule has 1 aliphatic rings. The number of sulfonamides is 1. The minimum absolute atomic E-state index is 0.100. The van der Waals surface area contributed by atoms with Crippen molar-refractivity contribution < 1.29 is 22.6 Å². The van der Waals surface area contributed by atoms with E-state index in [-0.39, 0.29) is 20.0 Å². The van der Waals surface area contributed by atoms with Gasteiger partial charge in [-0.2, -0.15) is 12.7 Å². The van der Waals surface area contributed by atoms with Crippen LogP contribution in [0.15, 0.2) is 39.2 Å². The van der Waals surface area contributed by atoms with Crippen molar-refractivity contribution in [3.8, 4) is 11.5 Å². The quantitative estimate of drug-likeness (QED) is 0.360. The molecule has 4 heterocycles. The SMILES string of the molecule is CCc1cnc(-c2cnc(N(C(=O)C3CCNCC3)S(=O)(=O)c3ccc(Cl)s3)c([N+](=O)[O-])c2)o1. The van der Waals surface area contributed by atoms with Crippen LogP contribution in [-0.4, -0.2) is 42.3 Å². The highest BCUT2D eigenvalue weighted by Crippen LogP contribution is 2.37. The van der Waals surface area contributed by atoms with Gasteiger partial charge >= 0.3 is 5.69 Å². The zero-order valence-corrected chi connectivity index (χ0v) is 20.3. The fourth-order valence-corrected chi connectivity index (χ4v) is 6.56. The van der Waals surface area contributed by atoms with Gasteiger partial charge in [0.25, 0.3) is 10.0 Å². The van der Waals surface area contributed by atoms with E-state index in [0.29, 0.717) is 42.4 Å². The zero-order chi connectivity index (χ0) is 24.5. The van der Waals surface area contributed by atoms with Gasteiger partial charge in [0.2, 0.25) is 17.6 Å². The molecule has 0 aliphatic carbocycles. The van der Waals surface area contributed by atoms with Gasteiger partial charge in [0.1, 0.15) is 9.97 Å². The van der Waals surface area contributed by atoms with Crippen LogP contribution in [0.5, 0.6) is 0 Å². The highest BCUT2D eigenvalue weighted by atomic mass is 35.5. The molecule has 0 unspecified atom stereocenters. The molecule has 0 bridgehead atoms. The first-order valence-electron chi connectivity index (χ1n) is 10.4. The molecule has 3 aromatic heterocycles. The number of thiophene rings is 1. The fraction of sp³-hybridized carbons (Fsp3) is 0.350. The van der Waals surface area contributed by atoms with Gasteiger partial charge in [0, 0.05) is 24.6 Å². The number of aryl methyl sites for hydroxylation is 1. The van der Waals surface area contributed by atoms with Crippen LogP contribution in [0.1, 0.15) is 25.5 Å². The molecule has 0 radical (unpaired) electrons. The molecule has 1 amide bonds. The molecule has 0 saturated carbocycles. The molecule has 0 aromatic carbocycles. The average Bonchev–Trinajstić information content (AvgIpc) is 3.49. The zero-order valence-electron chi connectivity index (χ0n) is 17.9. The third-order valence-electron chi connectivity index (χ3n) is 5.32. The molecule has 3 aromatic rings. The largest absolute Gasteiger partial charge is 0.441 e. The summed E-state index contributed by atoms with van der Waals surface area (Å²) in [4.78, 5) is 32.9. The Morgan fingerprint density at radius 3 is 2.65 bits per heavy atom. The Kier molecular flexibility index (Phi) is 6.98. The summed E-state index contributed by atoms with van der Waals surface area (Å²) in [5.41, 5.74) is -0.483. The molecule has 34 heavy (non-hydrogen) atoms. The summed E-state index contributed by atoms with van der Waals surface area (Å²) >= 11 is 6.68. The van der Waals surface area contributed by atoms with Gasteiger partial charge in [-0.3, -0.25) is 14.9 Å². The number of carbonyl (C=O) groups is 1. The van der Waals surface area contributed by atoms with E-state index in [4.69, 9.17) is 16.0 Å². The van der Waals surface area contributed by atoms with Gasteiger partial charge in [-0.05, 0) is 38.1 Å². The van der Waals surface area contributed by atoms with Crippen LogP contribution in [0.25, 0.3) is 11.5 Å².